The summed E-state index contributed by atoms with van der Waals surface area (Å²) in [6.45, 7) is 0.526. The number of nitro benzene ring substituents is 1. The van der Waals surface area contributed by atoms with Crippen LogP contribution in [0.5, 0.6) is 5.75 Å². The van der Waals surface area contributed by atoms with Crippen molar-refractivity contribution < 1.29 is 9.66 Å². The molecule has 1 saturated carbocycles. The van der Waals surface area contributed by atoms with Crippen molar-refractivity contribution in [2.24, 2.45) is 0 Å². The number of methoxy groups -OCH3 is 1. The molecule has 0 bridgehead atoms. The van der Waals surface area contributed by atoms with Gasteiger partial charge in [-0.05, 0) is 25.0 Å². The molecule has 1 aliphatic carbocycles. The first-order chi connectivity index (χ1) is 7.70. The molecule has 1 fully saturated rings. The molecule has 86 valence electrons. The Bertz CT molecular complexity index is 402. The number of nitrogens with one attached hydrogen (secondary N) is 1. The smallest absolute Gasteiger partial charge is 0.274 e. The van der Waals surface area contributed by atoms with E-state index in [4.69, 9.17) is 4.74 Å². The fourth-order valence-corrected chi connectivity index (χ4v) is 1.55. The van der Waals surface area contributed by atoms with Crippen LogP contribution in [0.25, 0.3) is 0 Å². The highest BCUT2D eigenvalue weighted by Gasteiger charge is 2.22. The lowest BCUT2D eigenvalue weighted by molar-refractivity contribution is -0.385. The van der Waals surface area contributed by atoms with E-state index in [1.165, 1.54) is 6.07 Å². The van der Waals surface area contributed by atoms with Crippen LogP contribution in [0.2, 0.25) is 0 Å². The first-order valence-corrected chi connectivity index (χ1v) is 5.25. The lowest BCUT2D eigenvalue weighted by Gasteiger charge is -2.06. The standard InChI is InChI=1S/C11H14N2O3/c1-16-10-4-5-11(13(14)15)8(6-10)7-12-9-2-3-9/h4-6,9,12H,2-3,7H2,1H3. The van der Waals surface area contributed by atoms with Gasteiger partial charge >= 0.3 is 0 Å². The van der Waals surface area contributed by atoms with Crippen molar-refractivity contribution in [1.29, 1.82) is 0 Å². The third-order valence-electron chi connectivity index (χ3n) is 2.64. The summed E-state index contributed by atoms with van der Waals surface area (Å²) in [6, 6.07) is 5.35. The SMILES string of the molecule is COc1ccc([N+](=O)[O-])c(CNC2CC2)c1. The largest absolute Gasteiger partial charge is 0.497 e. The van der Waals surface area contributed by atoms with Crippen molar-refractivity contribution >= 4 is 5.69 Å². The van der Waals surface area contributed by atoms with Crippen LogP contribution in [0.1, 0.15) is 18.4 Å². The van der Waals surface area contributed by atoms with E-state index < -0.39 is 0 Å². The van der Waals surface area contributed by atoms with Crippen LogP contribution in [0.15, 0.2) is 18.2 Å². The molecule has 0 heterocycles. The summed E-state index contributed by atoms with van der Waals surface area (Å²) in [5.41, 5.74) is 0.824. The van der Waals surface area contributed by atoms with Crippen LogP contribution < -0.4 is 10.1 Å². The highest BCUT2D eigenvalue weighted by atomic mass is 16.6. The minimum Gasteiger partial charge on any atom is -0.497 e. The van der Waals surface area contributed by atoms with Gasteiger partial charge in [0.15, 0.2) is 0 Å². The van der Waals surface area contributed by atoms with E-state index in [0.29, 0.717) is 23.9 Å². The van der Waals surface area contributed by atoms with Crippen LogP contribution >= 0.6 is 0 Å². The van der Waals surface area contributed by atoms with Crippen molar-refractivity contribution in [2.75, 3.05) is 7.11 Å². The fraction of sp³-hybridized carbons (Fsp3) is 0.455. The number of nitro groups is 1. The molecular weight excluding hydrogens is 208 g/mol. The molecule has 0 saturated heterocycles. The number of hydrogen-bond donors (Lipinski definition) is 1. The van der Waals surface area contributed by atoms with Crippen molar-refractivity contribution in [3.63, 3.8) is 0 Å². The normalized spacial score (nSPS) is 14.8. The zero-order valence-corrected chi connectivity index (χ0v) is 9.10. The molecule has 0 amide bonds. The average molecular weight is 222 g/mol. The molecule has 5 heteroatoms. The number of hydrogen-bond acceptors (Lipinski definition) is 4. The number of nitrogens with zero attached hydrogens (tertiary/aromatic N) is 1. The van der Waals surface area contributed by atoms with E-state index in [1.54, 1.807) is 19.2 Å². The van der Waals surface area contributed by atoms with Crippen LogP contribution in [0, 0.1) is 10.1 Å². The molecule has 1 aromatic rings. The maximum Gasteiger partial charge on any atom is 0.274 e. The number of ether oxygens (including phenoxy) is 1. The second-order valence-electron chi connectivity index (χ2n) is 3.91. The fourth-order valence-electron chi connectivity index (χ4n) is 1.55. The molecule has 0 unspecified atom stereocenters. The van der Waals surface area contributed by atoms with Gasteiger partial charge < -0.3 is 10.1 Å². The third-order valence-corrected chi connectivity index (χ3v) is 2.64. The highest BCUT2D eigenvalue weighted by molar-refractivity contribution is 5.45. The second-order valence-corrected chi connectivity index (χ2v) is 3.91. The van der Waals surface area contributed by atoms with Crippen LogP contribution in [-0.4, -0.2) is 18.1 Å². The quantitative estimate of drug-likeness (QED) is 0.610. The average Bonchev–Trinajstić information content (AvgIpc) is 3.09. The van der Waals surface area contributed by atoms with Crippen LogP contribution in [-0.2, 0) is 6.54 Å². The van der Waals surface area contributed by atoms with Gasteiger partial charge in [-0.1, -0.05) is 0 Å². The van der Waals surface area contributed by atoms with Gasteiger partial charge in [0.2, 0.25) is 0 Å². The Kier molecular flexibility index (Phi) is 3.05. The lowest BCUT2D eigenvalue weighted by Crippen LogP contribution is -2.16. The van der Waals surface area contributed by atoms with Gasteiger partial charge in [-0.25, -0.2) is 0 Å². The lowest BCUT2D eigenvalue weighted by atomic mass is 10.1. The van der Waals surface area contributed by atoms with E-state index in [9.17, 15) is 10.1 Å². The summed E-state index contributed by atoms with van der Waals surface area (Å²) < 4.78 is 5.06. The summed E-state index contributed by atoms with van der Waals surface area (Å²) >= 11 is 0. The second kappa shape index (κ2) is 4.49. The zero-order valence-electron chi connectivity index (χ0n) is 9.10. The van der Waals surface area contributed by atoms with Crippen molar-refractivity contribution in [3.8, 4) is 5.75 Å². The molecule has 0 aliphatic heterocycles. The maximum atomic E-state index is 10.8. The van der Waals surface area contributed by atoms with E-state index in [1.807, 2.05) is 0 Å². The molecule has 1 aliphatic rings. The Morgan fingerprint density at radius 1 is 1.56 bits per heavy atom. The minimum atomic E-state index is -0.358. The Balaban J connectivity index is 2.18. The Hall–Kier alpha value is -1.62. The molecule has 0 radical (unpaired) electrons. The predicted octanol–water partition coefficient (Wildman–Crippen LogP) is 1.86. The van der Waals surface area contributed by atoms with E-state index >= 15 is 0 Å². The topological polar surface area (TPSA) is 64.4 Å². The first-order valence-electron chi connectivity index (χ1n) is 5.25. The third kappa shape index (κ3) is 2.49. The van der Waals surface area contributed by atoms with Crippen LogP contribution in [0.4, 0.5) is 5.69 Å². The van der Waals surface area contributed by atoms with Crippen molar-refractivity contribution in [3.05, 3.63) is 33.9 Å². The maximum absolute atomic E-state index is 10.8. The molecule has 5 nitrogen and oxygen atoms in total. The van der Waals surface area contributed by atoms with Gasteiger partial charge in [-0.15, -0.1) is 0 Å². The molecule has 0 aromatic heterocycles. The molecule has 0 spiro atoms. The monoisotopic (exact) mass is 222 g/mol. The van der Waals surface area contributed by atoms with E-state index in [-0.39, 0.29) is 10.6 Å². The summed E-state index contributed by atoms with van der Waals surface area (Å²) in [5, 5.41) is 14.1. The summed E-state index contributed by atoms with van der Waals surface area (Å²) in [5.74, 6) is 0.651. The van der Waals surface area contributed by atoms with Crippen LogP contribution in [0.3, 0.4) is 0 Å². The predicted molar refractivity (Wildman–Crippen MR) is 59.5 cm³/mol. The van der Waals surface area contributed by atoms with Gasteiger partial charge in [0.1, 0.15) is 5.75 Å². The molecule has 16 heavy (non-hydrogen) atoms. The molecule has 2 rings (SSSR count). The van der Waals surface area contributed by atoms with Gasteiger partial charge in [0.05, 0.1) is 12.0 Å². The van der Waals surface area contributed by atoms with E-state index in [2.05, 4.69) is 5.32 Å². The molecule has 1 N–H and O–H groups in total. The summed E-state index contributed by atoms with van der Waals surface area (Å²) in [6.07, 6.45) is 2.33. The Morgan fingerprint density at radius 3 is 2.88 bits per heavy atom. The molecular formula is C11H14N2O3. The molecule has 1 aromatic carbocycles. The zero-order chi connectivity index (χ0) is 11.5. The Labute approximate surface area is 93.6 Å². The number of rotatable bonds is 5. The summed E-state index contributed by atoms with van der Waals surface area (Å²) in [4.78, 5) is 10.5. The Morgan fingerprint density at radius 2 is 2.31 bits per heavy atom. The van der Waals surface area contributed by atoms with Crippen molar-refractivity contribution in [1.82, 2.24) is 5.32 Å². The van der Waals surface area contributed by atoms with E-state index in [0.717, 1.165) is 12.8 Å². The highest BCUT2D eigenvalue weighted by Crippen LogP contribution is 2.25. The van der Waals surface area contributed by atoms with Gasteiger partial charge in [0.25, 0.3) is 5.69 Å². The summed E-state index contributed by atoms with van der Waals surface area (Å²) in [7, 11) is 1.55. The van der Waals surface area contributed by atoms with Gasteiger partial charge in [-0.2, -0.15) is 0 Å². The van der Waals surface area contributed by atoms with Gasteiger partial charge in [0, 0.05) is 24.2 Å². The molecule has 0 atom stereocenters. The van der Waals surface area contributed by atoms with Gasteiger partial charge in [-0.3, -0.25) is 10.1 Å². The first kappa shape index (κ1) is 10.9. The van der Waals surface area contributed by atoms with Crippen molar-refractivity contribution in [2.45, 2.75) is 25.4 Å². The minimum absolute atomic E-state index is 0.147. The number of benzene rings is 1.